The third-order valence-corrected chi connectivity index (χ3v) is 4.60. The van der Waals surface area contributed by atoms with E-state index in [1.54, 1.807) is 24.5 Å². The maximum atomic E-state index is 12.3. The lowest BCUT2D eigenvalue weighted by atomic mass is 9.91. The molecule has 1 atom stereocenters. The number of benzene rings is 1. The van der Waals surface area contributed by atoms with Crippen molar-refractivity contribution in [3.05, 3.63) is 65.1 Å². The van der Waals surface area contributed by atoms with Crippen LogP contribution in [0.1, 0.15) is 33.6 Å². The molecule has 0 radical (unpaired) electrons. The van der Waals surface area contributed by atoms with E-state index < -0.39 is 0 Å². The fourth-order valence-corrected chi connectivity index (χ4v) is 3.42. The van der Waals surface area contributed by atoms with Crippen molar-refractivity contribution in [2.24, 2.45) is 0 Å². The van der Waals surface area contributed by atoms with Gasteiger partial charge in [0.2, 0.25) is 0 Å². The fraction of sp³-hybridized carbons (Fsp3) is 0.263. The van der Waals surface area contributed by atoms with Gasteiger partial charge in [-0.3, -0.25) is 9.78 Å². The Morgan fingerprint density at radius 1 is 1.35 bits per heavy atom. The number of fused-ring (bicyclic) bond motifs is 3. The van der Waals surface area contributed by atoms with E-state index in [1.807, 2.05) is 0 Å². The highest BCUT2D eigenvalue weighted by Gasteiger charge is 2.24. The van der Waals surface area contributed by atoms with Crippen molar-refractivity contribution in [3.63, 3.8) is 0 Å². The van der Waals surface area contributed by atoms with Crippen LogP contribution in [0.5, 0.6) is 0 Å². The van der Waals surface area contributed by atoms with Crippen molar-refractivity contribution in [2.75, 3.05) is 0 Å². The van der Waals surface area contributed by atoms with Crippen LogP contribution in [0.2, 0.25) is 0 Å². The standard InChI is InChI=1S/C19H19N3O/c1-12-4-6-17-15(9-12)16-10-14(5-7-18(16)22-17)21-19(23)13-3-2-8-20-11-13/h2-4,6,8-9,11,14,22H,5,7,10H2,1H3,(H,21,23). The number of aromatic amines is 1. The molecule has 3 aromatic rings. The van der Waals surface area contributed by atoms with E-state index in [4.69, 9.17) is 0 Å². The Kier molecular flexibility index (Phi) is 3.37. The van der Waals surface area contributed by atoms with Crippen molar-refractivity contribution in [1.29, 1.82) is 0 Å². The van der Waals surface area contributed by atoms with Crippen LogP contribution in [0.25, 0.3) is 10.9 Å². The highest BCUT2D eigenvalue weighted by atomic mass is 16.1. The number of nitrogens with zero attached hydrogens (tertiary/aromatic N) is 1. The smallest absolute Gasteiger partial charge is 0.253 e. The SMILES string of the molecule is Cc1ccc2[nH]c3c(c2c1)CC(NC(=O)c1cccnc1)CC3. The number of nitrogens with one attached hydrogen (secondary N) is 2. The number of aryl methyl sites for hydroxylation is 2. The molecular formula is C19H19N3O. The number of aromatic nitrogens is 2. The summed E-state index contributed by atoms with van der Waals surface area (Å²) in [4.78, 5) is 19.9. The van der Waals surface area contributed by atoms with Gasteiger partial charge in [-0.1, -0.05) is 11.6 Å². The van der Waals surface area contributed by atoms with Gasteiger partial charge in [-0.2, -0.15) is 0 Å². The average Bonchev–Trinajstić information content (AvgIpc) is 2.93. The zero-order valence-electron chi connectivity index (χ0n) is 13.1. The molecule has 1 aliphatic carbocycles. The van der Waals surface area contributed by atoms with Crippen LogP contribution in [-0.4, -0.2) is 21.9 Å². The number of carbonyl (C=O) groups is 1. The molecule has 0 saturated carbocycles. The molecule has 1 aliphatic rings. The molecule has 4 nitrogen and oxygen atoms in total. The Morgan fingerprint density at radius 3 is 3.09 bits per heavy atom. The molecular weight excluding hydrogens is 286 g/mol. The van der Waals surface area contributed by atoms with E-state index in [2.05, 4.69) is 40.4 Å². The van der Waals surface area contributed by atoms with Gasteiger partial charge in [0, 0.05) is 35.0 Å². The predicted molar refractivity (Wildman–Crippen MR) is 90.6 cm³/mol. The van der Waals surface area contributed by atoms with Gasteiger partial charge in [0.25, 0.3) is 5.91 Å². The number of amides is 1. The predicted octanol–water partition coefficient (Wildman–Crippen LogP) is 3.16. The highest BCUT2D eigenvalue weighted by Crippen LogP contribution is 2.30. The Balaban J connectivity index is 1.57. The minimum atomic E-state index is -0.0393. The number of hydrogen-bond acceptors (Lipinski definition) is 2. The average molecular weight is 305 g/mol. The van der Waals surface area contributed by atoms with E-state index in [-0.39, 0.29) is 11.9 Å². The van der Waals surface area contributed by atoms with Crippen LogP contribution < -0.4 is 5.32 Å². The van der Waals surface area contributed by atoms with Crippen molar-refractivity contribution < 1.29 is 4.79 Å². The minimum Gasteiger partial charge on any atom is -0.358 e. The number of carbonyl (C=O) groups excluding carboxylic acids is 1. The van der Waals surface area contributed by atoms with Gasteiger partial charge >= 0.3 is 0 Å². The normalized spacial score (nSPS) is 17.0. The van der Waals surface area contributed by atoms with Crippen LogP contribution in [0, 0.1) is 6.92 Å². The van der Waals surface area contributed by atoms with Crippen molar-refractivity contribution >= 4 is 16.8 Å². The molecule has 0 saturated heterocycles. The lowest BCUT2D eigenvalue weighted by molar-refractivity contribution is 0.0933. The first kappa shape index (κ1) is 14.0. The Hall–Kier alpha value is -2.62. The maximum absolute atomic E-state index is 12.3. The van der Waals surface area contributed by atoms with E-state index >= 15 is 0 Å². The third kappa shape index (κ3) is 2.61. The summed E-state index contributed by atoms with van der Waals surface area (Å²) >= 11 is 0. The van der Waals surface area contributed by atoms with Crippen LogP contribution in [0.4, 0.5) is 0 Å². The second kappa shape index (κ2) is 5.54. The van der Waals surface area contributed by atoms with Gasteiger partial charge in [0.15, 0.2) is 0 Å². The van der Waals surface area contributed by atoms with Crippen LogP contribution in [-0.2, 0) is 12.8 Å². The van der Waals surface area contributed by atoms with Crippen LogP contribution >= 0.6 is 0 Å². The second-order valence-electron chi connectivity index (χ2n) is 6.29. The Morgan fingerprint density at radius 2 is 2.26 bits per heavy atom. The molecule has 0 aliphatic heterocycles. The quantitative estimate of drug-likeness (QED) is 0.764. The Labute approximate surface area is 134 Å². The molecule has 116 valence electrons. The van der Waals surface area contributed by atoms with Crippen molar-refractivity contribution in [1.82, 2.24) is 15.3 Å². The third-order valence-electron chi connectivity index (χ3n) is 4.60. The molecule has 1 aromatic carbocycles. The monoisotopic (exact) mass is 305 g/mol. The van der Waals surface area contributed by atoms with Gasteiger partial charge in [-0.15, -0.1) is 0 Å². The molecule has 1 unspecified atom stereocenters. The molecule has 1 amide bonds. The Bertz CT molecular complexity index is 867. The van der Waals surface area contributed by atoms with E-state index in [0.29, 0.717) is 5.56 Å². The summed E-state index contributed by atoms with van der Waals surface area (Å²) in [7, 11) is 0. The summed E-state index contributed by atoms with van der Waals surface area (Å²) < 4.78 is 0. The summed E-state index contributed by atoms with van der Waals surface area (Å²) in [5.74, 6) is -0.0393. The maximum Gasteiger partial charge on any atom is 0.253 e. The van der Waals surface area contributed by atoms with E-state index in [1.165, 1.54) is 27.7 Å². The van der Waals surface area contributed by atoms with Crippen molar-refractivity contribution in [2.45, 2.75) is 32.2 Å². The molecule has 0 bridgehead atoms. The lowest BCUT2D eigenvalue weighted by Crippen LogP contribution is -2.38. The minimum absolute atomic E-state index is 0.0393. The van der Waals surface area contributed by atoms with Crippen LogP contribution in [0.3, 0.4) is 0 Å². The molecule has 2 heterocycles. The first-order valence-corrected chi connectivity index (χ1v) is 8.01. The second-order valence-corrected chi connectivity index (χ2v) is 6.29. The summed E-state index contributed by atoms with van der Waals surface area (Å²) in [5, 5.41) is 4.44. The first-order chi connectivity index (χ1) is 11.2. The highest BCUT2D eigenvalue weighted by molar-refractivity contribution is 5.94. The topological polar surface area (TPSA) is 57.8 Å². The summed E-state index contributed by atoms with van der Waals surface area (Å²) in [6.07, 6.45) is 6.10. The molecule has 2 N–H and O–H groups in total. The van der Waals surface area contributed by atoms with Gasteiger partial charge in [-0.05, 0) is 56.0 Å². The summed E-state index contributed by atoms with van der Waals surface area (Å²) in [6.45, 7) is 2.11. The number of rotatable bonds is 2. The number of H-pyrrole nitrogens is 1. The molecule has 2 aromatic heterocycles. The molecule has 23 heavy (non-hydrogen) atoms. The number of hydrogen-bond donors (Lipinski definition) is 2. The van der Waals surface area contributed by atoms with E-state index in [9.17, 15) is 4.79 Å². The first-order valence-electron chi connectivity index (χ1n) is 8.01. The molecule has 0 fully saturated rings. The lowest BCUT2D eigenvalue weighted by Gasteiger charge is -2.23. The molecule has 4 rings (SSSR count). The van der Waals surface area contributed by atoms with Gasteiger partial charge in [-0.25, -0.2) is 0 Å². The van der Waals surface area contributed by atoms with Gasteiger partial charge in [0.1, 0.15) is 0 Å². The summed E-state index contributed by atoms with van der Waals surface area (Å²) in [5.41, 5.74) is 5.75. The van der Waals surface area contributed by atoms with Gasteiger partial charge < -0.3 is 10.3 Å². The number of pyridine rings is 1. The molecule has 4 heteroatoms. The fourth-order valence-electron chi connectivity index (χ4n) is 3.42. The van der Waals surface area contributed by atoms with Crippen LogP contribution in [0.15, 0.2) is 42.7 Å². The van der Waals surface area contributed by atoms with Crippen molar-refractivity contribution in [3.8, 4) is 0 Å². The zero-order valence-corrected chi connectivity index (χ0v) is 13.1. The zero-order chi connectivity index (χ0) is 15.8. The van der Waals surface area contributed by atoms with Gasteiger partial charge in [0.05, 0.1) is 5.56 Å². The largest absolute Gasteiger partial charge is 0.358 e. The molecule has 0 spiro atoms. The van der Waals surface area contributed by atoms with E-state index in [0.717, 1.165) is 19.3 Å². The summed E-state index contributed by atoms with van der Waals surface area (Å²) in [6, 6.07) is 10.3.